The molecule has 116 valence electrons. The van der Waals surface area contributed by atoms with E-state index in [1.165, 1.54) is 11.0 Å². The Morgan fingerprint density at radius 3 is 2.75 bits per heavy atom. The van der Waals surface area contributed by atoms with E-state index in [1.54, 1.807) is 24.4 Å². The predicted octanol–water partition coefficient (Wildman–Crippen LogP) is 2.46. The summed E-state index contributed by atoms with van der Waals surface area (Å²) in [5, 5.41) is 15.0. The zero-order chi connectivity index (χ0) is 16.4. The number of nitrogens with one attached hydrogen (secondary N) is 1. The third-order valence-electron chi connectivity index (χ3n) is 3.63. The van der Waals surface area contributed by atoms with Gasteiger partial charge in [0, 0.05) is 11.6 Å². The van der Waals surface area contributed by atoms with Gasteiger partial charge in [-0.15, -0.1) is 5.10 Å². The Balaban J connectivity index is 1.73. The molecule has 0 aliphatic heterocycles. The predicted molar refractivity (Wildman–Crippen MR) is 88.9 cm³/mol. The second kappa shape index (κ2) is 5.88. The van der Waals surface area contributed by atoms with Gasteiger partial charge in [0.05, 0.1) is 22.5 Å². The van der Waals surface area contributed by atoms with E-state index in [0.29, 0.717) is 16.9 Å². The van der Waals surface area contributed by atoms with Crippen LogP contribution >= 0.6 is 0 Å². The maximum atomic E-state index is 12.8. The number of rotatable bonds is 3. The number of hydrogen-bond acceptors (Lipinski definition) is 5. The van der Waals surface area contributed by atoms with E-state index >= 15 is 0 Å². The van der Waals surface area contributed by atoms with Crippen molar-refractivity contribution in [3.8, 4) is 5.69 Å². The normalized spacial score (nSPS) is 10.7. The van der Waals surface area contributed by atoms with Crippen molar-refractivity contribution in [1.82, 2.24) is 25.2 Å². The Morgan fingerprint density at radius 2 is 1.88 bits per heavy atom. The molecule has 2 aromatic carbocycles. The monoisotopic (exact) mass is 316 g/mol. The van der Waals surface area contributed by atoms with Crippen LogP contribution in [0, 0.1) is 0 Å². The molecule has 4 rings (SSSR count). The second-order valence-corrected chi connectivity index (χ2v) is 5.11. The number of pyridine rings is 1. The van der Waals surface area contributed by atoms with Crippen LogP contribution in [0.2, 0.25) is 0 Å². The summed E-state index contributed by atoms with van der Waals surface area (Å²) < 4.78 is 1.45. The molecule has 7 heteroatoms. The van der Waals surface area contributed by atoms with Crippen LogP contribution in [0.5, 0.6) is 0 Å². The quantitative estimate of drug-likeness (QED) is 0.627. The Hall–Kier alpha value is -3.61. The first-order valence-electron chi connectivity index (χ1n) is 7.30. The summed E-state index contributed by atoms with van der Waals surface area (Å²) in [7, 11) is 0. The highest BCUT2D eigenvalue weighted by Crippen LogP contribution is 2.22. The molecule has 0 fully saturated rings. The number of hydrogen-bond donors (Lipinski definition) is 1. The van der Waals surface area contributed by atoms with Crippen molar-refractivity contribution in [2.45, 2.75) is 0 Å². The lowest BCUT2D eigenvalue weighted by Gasteiger charge is -2.10. The first-order valence-corrected chi connectivity index (χ1v) is 7.30. The van der Waals surface area contributed by atoms with Gasteiger partial charge in [0.2, 0.25) is 0 Å². The van der Waals surface area contributed by atoms with E-state index in [4.69, 9.17) is 0 Å². The molecule has 0 aliphatic rings. The molecule has 0 spiro atoms. The third kappa shape index (κ3) is 2.48. The molecule has 0 radical (unpaired) electrons. The SMILES string of the molecule is O=C(Nc1cccc2cccnc12)c1ccccc1-n1cnnn1. The number of benzene rings is 2. The van der Waals surface area contributed by atoms with Gasteiger partial charge >= 0.3 is 0 Å². The van der Waals surface area contributed by atoms with Gasteiger partial charge in [0.25, 0.3) is 5.91 Å². The zero-order valence-electron chi connectivity index (χ0n) is 12.5. The first-order chi connectivity index (χ1) is 11.8. The number of carbonyl (C=O) groups is 1. The summed E-state index contributed by atoms with van der Waals surface area (Å²) in [5.74, 6) is -0.251. The molecule has 0 saturated heterocycles. The number of tetrazole rings is 1. The summed E-state index contributed by atoms with van der Waals surface area (Å²) in [6, 6.07) is 16.6. The minimum absolute atomic E-state index is 0.251. The fourth-order valence-corrected chi connectivity index (χ4v) is 2.53. The number of anilines is 1. The Morgan fingerprint density at radius 1 is 1.00 bits per heavy atom. The molecule has 0 aliphatic carbocycles. The van der Waals surface area contributed by atoms with Gasteiger partial charge in [-0.25, -0.2) is 0 Å². The van der Waals surface area contributed by atoms with Gasteiger partial charge in [0.1, 0.15) is 6.33 Å². The molecule has 4 aromatic rings. The summed E-state index contributed by atoms with van der Waals surface area (Å²) in [5.41, 5.74) is 2.48. The van der Waals surface area contributed by atoms with Gasteiger partial charge in [-0.2, -0.15) is 4.68 Å². The van der Waals surface area contributed by atoms with Gasteiger partial charge in [0.15, 0.2) is 0 Å². The Kier molecular flexibility index (Phi) is 3.43. The highest BCUT2D eigenvalue weighted by Gasteiger charge is 2.14. The van der Waals surface area contributed by atoms with Crippen LogP contribution in [0.15, 0.2) is 67.1 Å². The molecular formula is C17H12N6O. The van der Waals surface area contributed by atoms with Gasteiger partial charge in [-0.05, 0) is 34.7 Å². The molecule has 0 saturated carbocycles. The highest BCUT2D eigenvalue weighted by molar-refractivity contribution is 6.10. The lowest BCUT2D eigenvalue weighted by molar-refractivity contribution is 0.102. The molecule has 7 nitrogen and oxygen atoms in total. The number of amides is 1. The molecule has 24 heavy (non-hydrogen) atoms. The second-order valence-electron chi connectivity index (χ2n) is 5.11. The van der Waals surface area contributed by atoms with E-state index < -0.39 is 0 Å². The Labute approximate surface area is 137 Å². The van der Waals surface area contributed by atoms with Crippen molar-refractivity contribution in [2.24, 2.45) is 0 Å². The average Bonchev–Trinajstić information content (AvgIpc) is 3.16. The van der Waals surface area contributed by atoms with Gasteiger partial charge in [-0.3, -0.25) is 9.78 Å². The molecule has 0 bridgehead atoms. The third-order valence-corrected chi connectivity index (χ3v) is 3.63. The van der Waals surface area contributed by atoms with E-state index in [9.17, 15) is 4.79 Å². The van der Waals surface area contributed by atoms with E-state index in [-0.39, 0.29) is 5.91 Å². The van der Waals surface area contributed by atoms with E-state index in [1.807, 2.05) is 36.4 Å². The molecule has 0 atom stereocenters. The van der Waals surface area contributed by atoms with Gasteiger partial charge < -0.3 is 5.32 Å². The largest absolute Gasteiger partial charge is 0.320 e. The summed E-state index contributed by atoms with van der Waals surface area (Å²) in [6.07, 6.45) is 3.15. The molecule has 1 N–H and O–H groups in total. The smallest absolute Gasteiger partial charge is 0.257 e. The maximum Gasteiger partial charge on any atom is 0.257 e. The van der Waals surface area contributed by atoms with Crippen molar-refractivity contribution in [3.63, 3.8) is 0 Å². The summed E-state index contributed by atoms with van der Waals surface area (Å²) >= 11 is 0. The van der Waals surface area contributed by atoms with Crippen molar-refractivity contribution in [1.29, 1.82) is 0 Å². The number of carbonyl (C=O) groups excluding carboxylic acids is 1. The maximum absolute atomic E-state index is 12.8. The molecule has 2 aromatic heterocycles. The topological polar surface area (TPSA) is 85.6 Å². The number of fused-ring (bicyclic) bond motifs is 1. The highest BCUT2D eigenvalue weighted by atomic mass is 16.1. The Bertz CT molecular complexity index is 1010. The lowest BCUT2D eigenvalue weighted by Crippen LogP contribution is -2.15. The summed E-state index contributed by atoms with van der Waals surface area (Å²) in [4.78, 5) is 17.1. The number of nitrogens with zero attached hydrogens (tertiary/aromatic N) is 5. The lowest BCUT2D eigenvalue weighted by atomic mass is 10.1. The number of para-hydroxylation sites is 2. The molecule has 0 unspecified atom stereocenters. The van der Waals surface area contributed by atoms with E-state index in [0.717, 1.165) is 10.9 Å². The zero-order valence-corrected chi connectivity index (χ0v) is 12.5. The van der Waals surface area contributed by atoms with Crippen LogP contribution in [0.4, 0.5) is 5.69 Å². The van der Waals surface area contributed by atoms with Crippen molar-refractivity contribution < 1.29 is 4.79 Å². The average molecular weight is 316 g/mol. The van der Waals surface area contributed by atoms with Crippen molar-refractivity contribution in [2.75, 3.05) is 5.32 Å². The van der Waals surface area contributed by atoms with Crippen LogP contribution < -0.4 is 5.32 Å². The molecular weight excluding hydrogens is 304 g/mol. The van der Waals surface area contributed by atoms with Gasteiger partial charge in [-0.1, -0.05) is 30.3 Å². The molecule has 2 heterocycles. The molecule has 1 amide bonds. The van der Waals surface area contributed by atoms with Crippen LogP contribution in [0.25, 0.3) is 16.6 Å². The van der Waals surface area contributed by atoms with Crippen LogP contribution in [-0.4, -0.2) is 31.1 Å². The van der Waals surface area contributed by atoms with Crippen molar-refractivity contribution >= 4 is 22.5 Å². The van der Waals surface area contributed by atoms with Crippen LogP contribution in [0.3, 0.4) is 0 Å². The fraction of sp³-hybridized carbons (Fsp3) is 0. The minimum atomic E-state index is -0.251. The number of aromatic nitrogens is 5. The van der Waals surface area contributed by atoms with Crippen molar-refractivity contribution in [3.05, 3.63) is 72.7 Å². The summed E-state index contributed by atoms with van der Waals surface area (Å²) in [6.45, 7) is 0. The van der Waals surface area contributed by atoms with Crippen LogP contribution in [0.1, 0.15) is 10.4 Å². The first kappa shape index (κ1) is 14.0. The minimum Gasteiger partial charge on any atom is -0.320 e. The van der Waals surface area contributed by atoms with Crippen LogP contribution in [-0.2, 0) is 0 Å². The fourth-order valence-electron chi connectivity index (χ4n) is 2.53. The van der Waals surface area contributed by atoms with E-state index in [2.05, 4.69) is 25.8 Å². The standard InChI is InChI=1S/C17H12N6O/c24-17(13-7-1-2-9-15(13)23-11-19-21-22-23)20-14-8-3-5-12-6-4-10-18-16(12)14/h1-11H,(H,20,24).